The van der Waals surface area contributed by atoms with Gasteiger partial charge in [-0.1, -0.05) is 13.8 Å². The first-order chi connectivity index (χ1) is 11.0. The molecule has 0 unspecified atom stereocenters. The molecule has 23 heavy (non-hydrogen) atoms. The maximum atomic E-state index is 12.9. The third kappa shape index (κ3) is 3.04. The predicted molar refractivity (Wildman–Crippen MR) is 92.0 cm³/mol. The second kappa shape index (κ2) is 6.49. The monoisotopic (exact) mass is 337 g/mol. The highest BCUT2D eigenvalue weighted by Gasteiger charge is 2.45. The summed E-state index contributed by atoms with van der Waals surface area (Å²) in [5.74, 6) is 0.453. The van der Waals surface area contributed by atoms with E-state index in [1.165, 1.54) is 11.3 Å². The highest BCUT2D eigenvalue weighted by molar-refractivity contribution is 7.13. The van der Waals surface area contributed by atoms with E-state index < -0.39 is 0 Å². The molecule has 2 N–H and O–H groups in total. The number of likely N-dealkylation sites (tertiary alicyclic amines) is 1. The summed E-state index contributed by atoms with van der Waals surface area (Å²) in [6.07, 6.45) is 3.04. The number of nitrogens with one attached hydrogen (secondary N) is 1. The van der Waals surface area contributed by atoms with Gasteiger partial charge >= 0.3 is 0 Å². The molecule has 0 aliphatic carbocycles. The van der Waals surface area contributed by atoms with Crippen LogP contribution >= 0.6 is 11.3 Å². The fourth-order valence-electron chi connectivity index (χ4n) is 3.79. The molecule has 2 saturated heterocycles. The highest BCUT2D eigenvalue weighted by Crippen LogP contribution is 2.39. The van der Waals surface area contributed by atoms with Crippen molar-refractivity contribution < 1.29 is 9.90 Å². The normalized spacial score (nSPS) is 28.0. The molecule has 6 heteroatoms. The summed E-state index contributed by atoms with van der Waals surface area (Å²) < 4.78 is 0. The van der Waals surface area contributed by atoms with Gasteiger partial charge < -0.3 is 15.3 Å². The van der Waals surface area contributed by atoms with E-state index >= 15 is 0 Å². The molecule has 2 aliphatic rings. The summed E-state index contributed by atoms with van der Waals surface area (Å²) in [5.41, 5.74) is 0.806. The average molecular weight is 337 g/mol. The average Bonchev–Trinajstić information content (AvgIpc) is 2.95. The third-order valence-corrected chi connectivity index (χ3v) is 6.81. The van der Waals surface area contributed by atoms with E-state index in [1.807, 2.05) is 11.8 Å². The number of hydrogen-bond acceptors (Lipinski definition) is 5. The molecule has 0 spiro atoms. The standard InChI is InChI=1S/C17H27N3O2S/c1-11(2)15-19-12(3)14(23-15)16(22)20-8-6-17(10-21)5-4-7-18-13(17)9-20/h11,13,18,21H,4-10H2,1-3H3/t13-,17-/m1/s1. The summed E-state index contributed by atoms with van der Waals surface area (Å²) in [7, 11) is 0. The van der Waals surface area contributed by atoms with Crippen LogP contribution in [0.2, 0.25) is 0 Å². The number of carbonyl (C=O) groups excluding carboxylic acids is 1. The molecule has 3 heterocycles. The van der Waals surface area contributed by atoms with Crippen LogP contribution in [0.3, 0.4) is 0 Å². The van der Waals surface area contributed by atoms with Crippen LogP contribution in [0, 0.1) is 12.3 Å². The molecule has 3 rings (SSSR count). The molecular weight excluding hydrogens is 310 g/mol. The Hall–Kier alpha value is -0.980. The van der Waals surface area contributed by atoms with Gasteiger partial charge in [0.05, 0.1) is 17.3 Å². The number of aromatic nitrogens is 1. The first-order valence-electron chi connectivity index (χ1n) is 8.58. The topological polar surface area (TPSA) is 65.5 Å². The number of aliphatic hydroxyl groups is 1. The van der Waals surface area contributed by atoms with Gasteiger partial charge in [0.15, 0.2) is 0 Å². The summed E-state index contributed by atoms with van der Waals surface area (Å²) in [6, 6.07) is 0.205. The lowest BCUT2D eigenvalue weighted by atomic mass is 9.70. The van der Waals surface area contributed by atoms with Gasteiger partial charge in [-0.05, 0) is 32.7 Å². The molecule has 1 amide bonds. The molecule has 0 radical (unpaired) electrons. The van der Waals surface area contributed by atoms with Gasteiger partial charge in [-0.2, -0.15) is 0 Å². The first kappa shape index (κ1) is 16.9. The van der Waals surface area contributed by atoms with Gasteiger partial charge in [0, 0.05) is 30.5 Å². The van der Waals surface area contributed by atoms with E-state index in [0.717, 1.165) is 47.9 Å². The molecule has 2 fully saturated rings. The number of hydrogen-bond donors (Lipinski definition) is 2. The van der Waals surface area contributed by atoms with Crippen LogP contribution < -0.4 is 5.32 Å². The molecule has 5 nitrogen and oxygen atoms in total. The van der Waals surface area contributed by atoms with Gasteiger partial charge in [0.1, 0.15) is 4.88 Å². The van der Waals surface area contributed by atoms with Crippen molar-refractivity contribution in [3.05, 3.63) is 15.6 Å². The smallest absolute Gasteiger partial charge is 0.265 e. The van der Waals surface area contributed by atoms with Gasteiger partial charge in [-0.25, -0.2) is 4.98 Å². The Balaban J connectivity index is 1.77. The number of aryl methyl sites for hydroxylation is 1. The van der Waals surface area contributed by atoms with Crippen LogP contribution in [-0.4, -0.2) is 53.2 Å². The zero-order chi connectivity index (χ0) is 16.6. The number of amides is 1. The van der Waals surface area contributed by atoms with E-state index in [-0.39, 0.29) is 24.0 Å². The Bertz CT molecular complexity index is 586. The predicted octanol–water partition coefficient (Wildman–Crippen LogP) is 2.15. The fraction of sp³-hybridized carbons (Fsp3) is 0.765. The van der Waals surface area contributed by atoms with Gasteiger partial charge in [0.2, 0.25) is 0 Å². The second-order valence-corrected chi connectivity index (χ2v) is 8.28. The minimum Gasteiger partial charge on any atom is -0.396 e. The molecule has 1 aromatic heterocycles. The van der Waals surface area contributed by atoms with Crippen LogP contribution in [0.15, 0.2) is 0 Å². The van der Waals surface area contributed by atoms with Crippen LogP contribution in [0.1, 0.15) is 59.4 Å². The van der Waals surface area contributed by atoms with E-state index in [9.17, 15) is 9.90 Å². The highest BCUT2D eigenvalue weighted by atomic mass is 32.1. The Morgan fingerprint density at radius 3 is 2.96 bits per heavy atom. The number of aliphatic hydroxyl groups excluding tert-OH is 1. The SMILES string of the molecule is Cc1nc(C(C)C)sc1C(=O)N1CC[C@@]2(CO)CCCN[C@@H]2C1. The Morgan fingerprint density at radius 1 is 1.52 bits per heavy atom. The lowest BCUT2D eigenvalue weighted by molar-refractivity contribution is -0.00870. The van der Waals surface area contributed by atoms with Crippen molar-refractivity contribution >= 4 is 17.2 Å². The van der Waals surface area contributed by atoms with E-state index in [4.69, 9.17) is 0 Å². The Morgan fingerprint density at radius 2 is 2.30 bits per heavy atom. The summed E-state index contributed by atoms with van der Waals surface area (Å²) in [4.78, 5) is 20.2. The van der Waals surface area contributed by atoms with Crippen molar-refractivity contribution in [1.29, 1.82) is 0 Å². The van der Waals surface area contributed by atoms with Crippen LogP contribution in [0.4, 0.5) is 0 Å². The minimum absolute atomic E-state index is 0.0408. The summed E-state index contributed by atoms with van der Waals surface area (Å²) >= 11 is 1.53. The van der Waals surface area contributed by atoms with Crippen molar-refractivity contribution in [3.63, 3.8) is 0 Å². The maximum absolute atomic E-state index is 12.9. The number of thiazole rings is 1. The van der Waals surface area contributed by atoms with Crippen LogP contribution in [0.5, 0.6) is 0 Å². The Kier molecular flexibility index (Phi) is 4.76. The molecule has 2 aliphatic heterocycles. The van der Waals surface area contributed by atoms with E-state index in [2.05, 4.69) is 24.1 Å². The molecule has 0 saturated carbocycles. The maximum Gasteiger partial charge on any atom is 0.265 e. The van der Waals surface area contributed by atoms with E-state index in [0.29, 0.717) is 12.5 Å². The zero-order valence-corrected chi connectivity index (χ0v) is 15.1. The number of carbonyl (C=O) groups is 1. The molecule has 0 aromatic carbocycles. The number of rotatable bonds is 3. The number of fused-ring (bicyclic) bond motifs is 1. The number of nitrogens with zero attached hydrogens (tertiary/aromatic N) is 2. The van der Waals surface area contributed by atoms with Crippen molar-refractivity contribution in [1.82, 2.24) is 15.2 Å². The third-order valence-electron chi connectivity index (χ3n) is 5.37. The van der Waals surface area contributed by atoms with Gasteiger partial charge in [0.25, 0.3) is 5.91 Å². The Labute approximate surface area is 142 Å². The number of piperidine rings is 2. The lowest BCUT2D eigenvalue weighted by Gasteiger charge is -2.50. The zero-order valence-electron chi connectivity index (χ0n) is 14.3. The quantitative estimate of drug-likeness (QED) is 0.887. The molecule has 1 aromatic rings. The van der Waals surface area contributed by atoms with E-state index in [1.54, 1.807) is 0 Å². The first-order valence-corrected chi connectivity index (χ1v) is 9.39. The summed E-state index contributed by atoms with van der Waals surface area (Å²) in [5, 5.41) is 14.4. The lowest BCUT2D eigenvalue weighted by Crippen LogP contribution is -2.62. The van der Waals surface area contributed by atoms with Crippen molar-refractivity contribution in [2.24, 2.45) is 5.41 Å². The van der Waals surface area contributed by atoms with Crippen molar-refractivity contribution in [2.45, 2.75) is 52.0 Å². The van der Waals surface area contributed by atoms with Crippen molar-refractivity contribution in [3.8, 4) is 0 Å². The molecular formula is C17H27N3O2S. The minimum atomic E-state index is -0.0408. The van der Waals surface area contributed by atoms with Gasteiger partial charge in [-0.3, -0.25) is 4.79 Å². The van der Waals surface area contributed by atoms with Crippen LogP contribution in [0.25, 0.3) is 0 Å². The molecule has 128 valence electrons. The second-order valence-electron chi connectivity index (χ2n) is 7.25. The van der Waals surface area contributed by atoms with Crippen molar-refractivity contribution in [2.75, 3.05) is 26.2 Å². The van der Waals surface area contributed by atoms with Gasteiger partial charge in [-0.15, -0.1) is 11.3 Å². The molecule has 0 bridgehead atoms. The fourth-order valence-corrected chi connectivity index (χ4v) is 4.83. The summed E-state index contributed by atoms with van der Waals surface area (Å²) in [6.45, 7) is 8.75. The van der Waals surface area contributed by atoms with Crippen LogP contribution in [-0.2, 0) is 0 Å². The largest absolute Gasteiger partial charge is 0.396 e. The molecule has 2 atom stereocenters.